The fourth-order valence-corrected chi connectivity index (χ4v) is 2.69. The summed E-state index contributed by atoms with van der Waals surface area (Å²) >= 11 is 0. The first-order valence-corrected chi connectivity index (χ1v) is 8.93. The topological polar surface area (TPSA) is 102 Å². The molecule has 1 N–H and O–H groups in total. The molecule has 0 aliphatic rings. The predicted octanol–water partition coefficient (Wildman–Crippen LogP) is 2.53. The van der Waals surface area contributed by atoms with Crippen molar-refractivity contribution in [2.75, 3.05) is 11.6 Å². The Labute approximate surface area is 142 Å². The standard InChI is InChI=1S/C16H12FN3O4S/c1-25(22,23)13-4-2-3-11(9-13)14(21)18-16-20-19-15(24-16)10-5-7-12(17)8-6-10/h2-9H,1H3,(H,18,20,21). The first-order chi connectivity index (χ1) is 11.8. The van der Waals surface area contributed by atoms with E-state index in [1.54, 1.807) is 0 Å². The number of hydrogen-bond acceptors (Lipinski definition) is 6. The van der Waals surface area contributed by atoms with Gasteiger partial charge in [-0.05, 0) is 42.5 Å². The Morgan fingerprint density at radius 2 is 1.84 bits per heavy atom. The van der Waals surface area contributed by atoms with Crippen molar-refractivity contribution < 1.29 is 22.0 Å². The summed E-state index contributed by atoms with van der Waals surface area (Å²) in [6.45, 7) is 0. The van der Waals surface area contributed by atoms with Crippen LogP contribution < -0.4 is 5.32 Å². The number of aromatic nitrogens is 2. The van der Waals surface area contributed by atoms with E-state index in [9.17, 15) is 17.6 Å². The molecule has 0 radical (unpaired) electrons. The van der Waals surface area contributed by atoms with Crippen molar-refractivity contribution >= 4 is 21.8 Å². The molecule has 0 fully saturated rings. The maximum atomic E-state index is 12.9. The molecule has 3 rings (SSSR count). The number of nitrogens with one attached hydrogen (secondary N) is 1. The molecule has 1 amide bonds. The predicted molar refractivity (Wildman–Crippen MR) is 87.2 cm³/mol. The van der Waals surface area contributed by atoms with Crippen molar-refractivity contribution in [3.8, 4) is 11.5 Å². The maximum absolute atomic E-state index is 12.9. The molecule has 0 atom stereocenters. The Kier molecular flexibility index (Phi) is 4.32. The lowest BCUT2D eigenvalue weighted by molar-refractivity contribution is 0.102. The third-order valence-corrected chi connectivity index (χ3v) is 4.37. The average Bonchev–Trinajstić information content (AvgIpc) is 3.03. The summed E-state index contributed by atoms with van der Waals surface area (Å²) in [5, 5.41) is 9.85. The van der Waals surface area contributed by atoms with E-state index in [0.717, 1.165) is 6.26 Å². The molecule has 2 aromatic carbocycles. The summed E-state index contributed by atoms with van der Waals surface area (Å²) in [5.74, 6) is -0.887. The largest absolute Gasteiger partial charge is 0.403 e. The molecule has 0 aliphatic carbocycles. The second kappa shape index (κ2) is 6.44. The summed E-state index contributed by atoms with van der Waals surface area (Å²) in [6.07, 6.45) is 1.05. The highest BCUT2D eigenvalue weighted by molar-refractivity contribution is 7.90. The molecule has 0 spiro atoms. The molecule has 9 heteroatoms. The lowest BCUT2D eigenvalue weighted by Crippen LogP contribution is -2.13. The molecule has 3 aromatic rings. The van der Waals surface area contributed by atoms with Gasteiger partial charge >= 0.3 is 6.01 Å². The van der Waals surface area contributed by atoms with Crippen LogP contribution in [0.25, 0.3) is 11.5 Å². The lowest BCUT2D eigenvalue weighted by atomic mass is 10.2. The van der Waals surface area contributed by atoms with Gasteiger partial charge < -0.3 is 4.42 Å². The second-order valence-corrected chi connectivity index (χ2v) is 7.19. The molecule has 0 saturated heterocycles. The van der Waals surface area contributed by atoms with E-state index in [-0.39, 0.29) is 22.4 Å². The molecule has 1 aromatic heterocycles. The zero-order chi connectivity index (χ0) is 18.0. The maximum Gasteiger partial charge on any atom is 0.322 e. The molecule has 1 heterocycles. The van der Waals surface area contributed by atoms with Gasteiger partial charge in [-0.25, -0.2) is 12.8 Å². The molecular formula is C16H12FN3O4S. The van der Waals surface area contributed by atoms with Crippen LogP contribution in [-0.2, 0) is 9.84 Å². The van der Waals surface area contributed by atoms with E-state index in [4.69, 9.17) is 4.42 Å². The van der Waals surface area contributed by atoms with E-state index >= 15 is 0 Å². The van der Waals surface area contributed by atoms with Gasteiger partial charge in [0.05, 0.1) is 4.90 Å². The SMILES string of the molecule is CS(=O)(=O)c1cccc(C(=O)Nc2nnc(-c3ccc(F)cc3)o2)c1. The van der Waals surface area contributed by atoms with Crippen LogP contribution in [0.4, 0.5) is 10.4 Å². The van der Waals surface area contributed by atoms with Gasteiger partial charge in [0.2, 0.25) is 5.89 Å². The minimum absolute atomic E-state index is 0.0256. The number of sulfone groups is 1. The van der Waals surface area contributed by atoms with Crippen LogP contribution in [0.15, 0.2) is 57.8 Å². The highest BCUT2D eigenvalue weighted by Gasteiger charge is 2.15. The van der Waals surface area contributed by atoms with Crippen molar-refractivity contribution in [2.45, 2.75) is 4.90 Å². The van der Waals surface area contributed by atoms with Crippen molar-refractivity contribution in [3.63, 3.8) is 0 Å². The smallest absolute Gasteiger partial charge is 0.322 e. The fourth-order valence-electron chi connectivity index (χ4n) is 2.02. The third kappa shape index (κ3) is 3.89. The minimum Gasteiger partial charge on any atom is -0.403 e. The summed E-state index contributed by atoms with van der Waals surface area (Å²) in [4.78, 5) is 12.2. The summed E-state index contributed by atoms with van der Waals surface area (Å²) in [7, 11) is -3.43. The van der Waals surface area contributed by atoms with Crippen LogP contribution in [0.2, 0.25) is 0 Å². The molecule has 25 heavy (non-hydrogen) atoms. The van der Waals surface area contributed by atoms with Crippen molar-refractivity contribution in [1.29, 1.82) is 0 Å². The zero-order valence-electron chi connectivity index (χ0n) is 12.9. The molecule has 0 unspecified atom stereocenters. The van der Waals surface area contributed by atoms with Crippen LogP contribution in [0.5, 0.6) is 0 Å². The number of rotatable bonds is 4. The van der Waals surface area contributed by atoms with Gasteiger partial charge in [-0.1, -0.05) is 11.2 Å². The molecular weight excluding hydrogens is 349 g/mol. The van der Waals surface area contributed by atoms with E-state index in [1.807, 2.05) is 0 Å². The van der Waals surface area contributed by atoms with Crippen molar-refractivity contribution in [1.82, 2.24) is 10.2 Å². The number of carbonyl (C=O) groups is 1. The van der Waals surface area contributed by atoms with Crippen LogP contribution in [0.1, 0.15) is 10.4 Å². The summed E-state index contributed by atoms with van der Waals surface area (Å²) < 4.78 is 41.3. The van der Waals surface area contributed by atoms with Gasteiger partial charge in [0.15, 0.2) is 9.84 Å². The van der Waals surface area contributed by atoms with E-state index < -0.39 is 21.6 Å². The number of halogens is 1. The Hall–Kier alpha value is -3.07. The number of hydrogen-bond donors (Lipinski definition) is 1. The van der Waals surface area contributed by atoms with Gasteiger partial charge in [-0.2, -0.15) is 0 Å². The number of carbonyl (C=O) groups excluding carboxylic acids is 1. The van der Waals surface area contributed by atoms with Crippen LogP contribution in [0.3, 0.4) is 0 Å². The molecule has 0 bridgehead atoms. The van der Waals surface area contributed by atoms with Crippen LogP contribution >= 0.6 is 0 Å². The second-order valence-electron chi connectivity index (χ2n) is 5.17. The summed E-state index contributed by atoms with van der Waals surface area (Å²) in [6, 6.07) is 10.8. The molecule has 0 saturated carbocycles. The Morgan fingerprint density at radius 3 is 2.52 bits per heavy atom. The quantitative estimate of drug-likeness (QED) is 0.766. The van der Waals surface area contributed by atoms with Crippen molar-refractivity contribution in [3.05, 3.63) is 59.9 Å². The van der Waals surface area contributed by atoms with Gasteiger partial charge in [0.1, 0.15) is 5.82 Å². The number of anilines is 1. The monoisotopic (exact) mass is 361 g/mol. The van der Waals surface area contributed by atoms with E-state index in [1.165, 1.54) is 48.5 Å². The van der Waals surface area contributed by atoms with E-state index in [0.29, 0.717) is 5.56 Å². The first-order valence-electron chi connectivity index (χ1n) is 7.04. The Balaban J connectivity index is 1.79. The van der Waals surface area contributed by atoms with Gasteiger partial charge in [-0.15, -0.1) is 5.10 Å². The molecule has 128 valence electrons. The normalized spacial score (nSPS) is 11.3. The third-order valence-electron chi connectivity index (χ3n) is 3.26. The number of benzene rings is 2. The van der Waals surface area contributed by atoms with Gasteiger partial charge in [0, 0.05) is 17.4 Å². The molecule has 7 nitrogen and oxygen atoms in total. The summed E-state index contributed by atoms with van der Waals surface area (Å²) in [5.41, 5.74) is 0.623. The van der Waals surface area contributed by atoms with Crippen LogP contribution in [-0.4, -0.2) is 30.8 Å². The van der Waals surface area contributed by atoms with E-state index in [2.05, 4.69) is 15.5 Å². The fraction of sp³-hybridized carbons (Fsp3) is 0.0625. The Morgan fingerprint density at radius 1 is 1.12 bits per heavy atom. The number of nitrogens with zero attached hydrogens (tertiary/aromatic N) is 2. The lowest BCUT2D eigenvalue weighted by Gasteiger charge is -2.03. The minimum atomic E-state index is -3.43. The number of amides is 1. The average molecular weight is 361 g/mol. The highest BCUT2D eigenvalue weighted by Crippen LogP contribution is 2.20. The zero-order valence-corrected chi connectivity index (χ0v) is 13.7. The highest BCUT2D eigenvalue weighted by atomic mass is 32.2. The van der Waals surface area contributed by atoms with Crippen molar-refractivity contribution in [2.24, 2.45) is 0 Å². The Bertz CT molecular complexity index is 1030. The molecule has 0 aliphatic heterocycles. The van der Waals surface area contributed by atoms with Gasteiger partial charge in [-0.3, -0.25) is 10.1 Å². The van der Waals surface area contributed by atoms with Crippen LogP contribution in [0, 0.1) is 5.82 Å². The van der Waals surface area contributed by atoms with Gasteiger partial charge in [0.25, 0.3) is 5.91 Å². The first kappa shape index (κ1) is 16.8.